The van der Waals surface area contributed by atoms with Crippen LogP contribution >= 0.6 is 0 Å². The van der Waals surface area contributed by atoms with E-state index in [9.17, 15) is 0 Å². The molecule has 1 aromatic heterocycles. The fourth-order valence-electron chi connectivity index (χ4n) is 0.430. The van der Waals surface area contributed by atoms with Crippen LogP contribution in [-0.2, 0) is 0 Å². The van der Waals surface area contributed by atoms with Crippen molar-refractivity contribution in [3.05, 3.63) is 12.1 Å². The molecular weight excluding hydrogens is 83.7 g/mol. The summed E-state index contributed by atoms with van der Waals surface area (Å²) in [4.78, 5) is 2.69. The van der Waals surface area contributed by atoms with E-state index in [1.807, 2.05) is 0 Å². The van der Waals surface area contributed by atoms with Gasteiger partial charge in [-0.25, -0.2) is 0 Å². The summed E-state index contributed by atoms with van der Waals surface area (Å²) < 4.78 is 0. The average Bonchev–Trinajstić information content (AvgIpc) is 1.87. The van der Waals surface area contributed by atoms with Gasteiger partial charge in [0.15, 0.2) is 0 Å². The molecule has 0 amide bonds. The van der Waals surface area contributed by atoms with E-state index in [0.717, 1.165) is 0 Å². The van der Waals surface area contributed by atoms with E-state index >= 15 is 0 Å². The largest absolute Gasteiger partial charge is 0.381 e. The van der Waals surface area contributed by atoms with Gasteiger partial charge in [0.1, 0.15) is 15.7 Å². The number of hydrogen-bond donors (Lipinski definition) is 1. The van der Waals surface area contributed by atoms with Crippen molar-refractivity contribution in [2.24, 2.45) is 0 Å². The van der Waals surface area contributed by atoms with Crippen molar-refractivity contribution >= 4 is 26.9 Å². The first-order chi connectivity index (χ1) is 3.29. The summed E-state index contributed by atoms with van der Waals surface area (Å²) in [5.41, 5.74) is 1.22. The molecule has 0 unspecified atom stereocenters. The Hall–Kier alpha value is -0.590. The zero-order chi connectivity index (χ0) is 5.28. The van der Waals surface area contributed by atoms with Crippen LogP contribution in [0.5, 0.6) is 0 Å². The highest BCUT2D eigenvalue weighted by Gasteiger charge is 1.81. The third-order valence-corrected chi connectivity index (χ3v) is 0.731. The topological polar surface area (TPSA) is 15.8 Å². The van der Waals surface area contributed by atoms with Gasteiger partial charge in [0.25, 0.3) is 0 Å². The molecule has 0 aliphatic carbocycles. The van der Waals surface area contributed by atoms with Gasteiger partial charge in [-0.3, -0.25) is 0 Å². The van der Waals surface area contributed by atoms with Crippen molar-refractivity contribution < 1.29 is 0 Å². The van der Waals surface area contributed by atoms with Crippen molar-refractivity contribution in [3.8, 4) is 0 Å². The highest BCUT2D eigenvalue weighted by molar-refractivity contribution is 6.35. The van der Waals surface area contributed by atoms with E-state index in [1.54, 1.807) is 12.1 Å². The molecule has 0 fully saturated rings. The van der Waals surface area contributed by atoms with E-state index in [0.29, 0.717) is 11.2 Å². The maximum atomic E-state index is 5.24. The minimum Gasteiger partial charge on any atom is -0.381 e. The van der Waals surface area contributed by atoms with Crippen LogP contribution in [0.4, 0.5) is 0 Å². The highest BCUT2D eigenvalue weighted by atomic mass is 14.7. The Kier molecular flexibility index (Phi) is 0.970. The Morgan fingerprint density at radius 3 is 1.71 bits per heavy atom. The molecule has 1 nitrogen and oxygen atoms in total. The molecule has 30 valence electrons. The monoisotopic (exact) mass is 87.0 g/mol. The van der Waals surface area contributed by atoms with Crippen LogP contribution in [-0.4, -0.2) is 20.7 Å². The lowest BCUT2D eigenvalue weighted by atomic mass is 10.1. The number of nitrogens with one attached hydrogen (secondary N) is 1. The molecule has 0 aliphatic heterocycles. The Labute approximate surface area is 44.9 Å². The summed E-state index contributed by atoms with van der Waals surface area (Å²) in [5, 5.41) is 0. The van der Waals surface area contributed by atoms with Crippen LogP contribution in [0.1, 0.15) is 0 Å². The molecule has 0 spiro atoms. The molecular formula is C4H3B2N. The van der Waals surface area contributed by atoms with Crippen LogP contribution in [0.2, 0.25) is 0 Å². The molecule has 0 saturated carbocycles. The van der Waals surface area contributed by atoms with E-state index in [-0.39, 0.29) is 0 Å². The number of H-pyrrole nitrogens is 1. The van der Waals surface area contributed by atoms with Crippen LogP contribution in [0.3, 0.4) is 0 Å². The summed E-state index contributed by atoms with van der Waals surface area (Å²) >= 11 is 0. The lowest BCUT2D eigenvalue weighted by Crippen LogP contribution is -2.10. The minimum absolute atomic E-state index is 0.609. The first kappa shape index (κ1) is 4.57. The van der Waals surface area contributed by atoms with Crippen molar-refractivity contribution in [2.45, 2.75) is 0 Å². The van der Waals surface area contributed by atoms with Crippen molar-refractivity contribution in [1.82, 2.24) is 4.98 Å². The first-order valence-electron chi connectivity index (χ1n) is 1.99. The van der Waals surface area contributed by atoms with Crippen LogP contribution in [0.25, 0.3) is 0 Å². The Morgan fingerprint density at radius 1 is 1.14 bits per heavy atom. The van der Waals surface area contributed by atoms with E-state index in [1.165, 1.54) is 0 Å². The average molecular weight is 86.7 g/mol. The quantitative estimate of drug-likeness (QED) is 0.374. The molecule has 0 aromatic carbocycles. The second-order valence-corrected chi connectivity index (χ2v) is 1.37. The Morgan fingerprint density at radius 2 is 1.57 bits per heavy atom. The lowest BCUT2D eigenvalue weighted by molar-refractivity contribution is 1.54. The number of hydrogen-bond acceptors (Lipinski definition) is 0. The van der Waals surface area contributed by atoms with Gasteiger partial charge >= 0.3 is 0 Å². The summed E-state index contributed by atoms with van der Waals surface area (Å²) in [6.45, 7) is 0. The van der Waals surface area contributed by atoms with Gasteiger partial charge in [0.05, 0.1) is 0 Å². The fraction of sp³-hybridized carbons (Fsp3) is 0. The van der Waals surface area contributed by atoms with Crippen molar-refractivity contribution in [1.29, 1.82) is 0 Å². The third kappa shape index (κ3) is 0.889. The minimum atomic E-state index is 0.609. The molecule has 0 atom stereocenters. The SMILES string of the molecule is [B]c1ccc([B])[nH]1. The maximum absolute atomic E-state index is 5.24. The molecule has 1 rings (SSSR count). The molecule has 0 saturated heterocycles. The van der Waals surface area contributed by atoms with Crippen LogP contribution in [0.15, 0.2) is 12.1 Å². The van der Waals surface area contributed by atoms with E-state index < -0.39 is 0 Å². The zero-order valence-corrected chi connectivity index (χ0v) is 3.81. The van der Waals surface area contributed by atoms with Gasteiger partial charge in [-0.2, -0.15) is 0 Å². The predicted octanol–water partition coefficient (Wildman–Crippen LogP) is -1.40. The number of rotatable bonds is 0. The maximum Gasteiger partial charge on any atom is 0.138 e. The molecule has 4 radical (unpaired) electrons. The normalized spacial score (nSPS) is 9.14. The molecule has 1 heterocycles. The molecule has 7 heavy (non-hydrogen) atoms. The Bertz CT molecular complexity index is 142. The standard InChI is InChI=1S/C4H3B2N/c5-3-1-2-4(6)7-3/h1-2,7H. The van der Waals surface area contributed by atoms with Crippen molar-refractivity contribution in [2.75, 3.05) is 0 Å². The fourth-order valence-corrected chi connectivity index (χ4v) is 0.430. The highest BCUT2D eigenvalue weighted by Crippen LogP contribution is 1.64. The summed E-state index contributed by atoms with van der Waals surface area (Å²) in [7, 11) is 10.5. The number of aromatic amines is 1. The van der Waals surface area contributed by atoms with E-state index in [4.69, 9.17) is 15.7 Å². The molecule has 1 N–H and O–H groups in total. The van der Waals surface area contributed by atoms with Crippen LogP contribution in [0, 0.1) is 0 Å². The molecule has 1 aromatic rings. The molecule has 0 bridgehead atoms. The second-order valence-electron chi connectivity index (χ2n) is 1.37. The lowest BCUT2D eigenvalue weighted by Gasteiger charge is -1.78. The third-order valence-electron chi connectivity index (χ3n) is 0.731. The molecule has 0 aliphatic rings. The zero-order valence-electron chi connectivity index (χ0n) is 3.81. The van der Waals surface area contributed by atoms with Gasteiger partial charge < -0.3 is 4.98 Å². The van der Waals surface area contributed by atoms with Crippen molar-refractivity contribution in [3.63, 3.8) is 0 Å². The summed E-state index contributed by atoms with van der Waals surface area (Å²) in [6, 6.07) is 3.44. The number of aromatic nitrogens is 1. The van der Waals surface area contributed by atoms with E-state index in [2.05, 4.69) is 4.98 Å². The smallest absolute Gasteiger partial charge is 0.138 e. The predicted molar refractivity (Wildman–Crippen MR) is 31.6 cm³/mol. The van der Waals surface area contributed by atoms with Gasteiger partial charge in [0, 0.05) is 0 Å². The second kappa shape index (κ2) is 1.49. The van der Waals surface area contributed by atoms with Gasteiger partial charge in [-0.05, 0) is 11.2 Å². The van der Waals surface area contributed by atoms with Gasteiger partial charge in [0.2, 0.25) is 0 Å². The van der Waals surface area contributed by atoms with Gasteiger partial charge in [-0.15, -0.1) is 0 Å². The van der Waals surface area contributed by atoms with Gasteiger partial charge in [-0.1, -0.05) is 12.1 Å². The summed E-state index contributed by atoms with van der Waals surface area (Å²) in [6.07, 6.45) is 0. The molecule has 3 heteroatoms. The summed E-state index contributed by atoms with van der Waals surface area (Å²) in [5.74, 6) is 0. The van der Waals surface area contributed by atoms with Crippen LogP contribution < -0.4 is 11.2 Å². The first-order valence-corrected chi connectivity index (χ1v) is 1.99. The Balaban J connectivity index is 3.04.